The Balaban J connectivity index is 1.76. The average molecular weight is 329 g/mol. The van der Waals surface area contributed by atoms with Gasteiger partial charge < -0.3 is 20.1 Å². The summed E-state index contributed by atoms with van der Waals surface area (Å²) < 4.78 is 11.1. The minimum absolute atomic E-state index is 0.0218. The molecule has 1 aromatic heterocycles. The lowest BCUT2D eigenvalue weighted by Crippen LogP contribution is -2.32. The fraction of sp³-hybridized carbons (Fsp3) is 0.333. The molecule has 0 aliphatic heterocycles. The van der Waals surface area contributed by atoms with Crippen LogP contribution in [0.4, 0.5) is 10.5 Å². The quantitative estimate of drug-likeness (QED) is 0.764. The van der Waals surface area contributed by atoms with Gasteiger partial charge in [-0.15, -0.1) is 0 Å². The standard InChI is InChI=1S/C18H23N3O3/c1-13(2)24-17-16(5-4-10-19-17)21-18(22)20-11-12-23-15-8-6-14(3)7-9-15/h4-10,13H,11-12H2,1-3H3,(H2,20,21,22). The van der Waals surface area contributed by atoms with E-state index in [0.29, 0.717) is 24.7 Å². The van der Waals surface area contributed by atoms with E-state index in [4.69, 9.17) is 9.47 Å². The van der Waals surface area contributed by atoms with Crippen molar-refractivity contribution in [2.24, 2.45) is 0 Å². The van der Waals surface area contributed by atoms with E-state index in [9.17, 15) is 4.79 Å². The third kappa shape index (κ3) is 5.79. The third-order valence-corrected chi connectivity index (χ3v) is 3.04. The highest BCUT2D eigenvalue weighted by Gasteiger charge is 2.09. The minimum atomic E-state index is -0.330. The molecule has 0 fully saturated rings. The van der Waals surface area contributed by atoms with Gasteiger partial charge in [-0.25, -0.2) is 9.78 Å². The molecular formula is C18H23N3O3. The van der Waals surface area contributed by atoms with Crippen molar-refractivity contribution in [1.82, 2.24) is 10.3 Å². The van der Waals surface area contributed by atoms with Gasteiger partial charge in [-0.2, -0.15) is 0 Å². The van der Waals surface area contributed by atoms with Crippen LogP contribution in [0.15, 0.2) is 42.6 Å². The second kappa shape index (κ2) is 8.76. The van der Waals surface area contributed by atoms with Crippen molar-refractivity contribution in [3.63, 3.8) is 0 Å². The fourth-order valence-corrected chi connectivity index (χ4v) is 1.94. The lowest BCUT2D eigenvalue weighted by molar-refractivity contribution is 0.232. The number of hydrogen-bond acceptors (Lipinski definition) is 4. The number of anilines is 1. The molecule has 2 rings (SSSR count). The maximum Gasteiger partial charge on any atom is 0.319 e. The first-order valence-electron chi connectivity index (χ1n) is 7.90. The second-order valence-corrected chi connectivity index (χ2v) is 5.57. The van der Waals surface area contributed by atoms with E-state index in [1.807, 2.05) is 45.0 Å². The zero-order valence-corrected chi connectivity index (χ0v) is 14.2. The van der Waals surface area contributed by atoms with Crippen LogP contribution in [0.3, 0.4) is 0 Å². The summed E-state index contributed by atoms with van der Waals surface area (Å²) in [5, 5.41) is 5.46. The molecule has 128 valence electrons. The van der Waals surface area contributed by atoms with Crippen molar-refractivity contribution in [3.05, 3.63) is 48.2 Å². The summed E-state index contributed by atoms with van der Waals surface area (Å²) in [6.07, 6.45) is 1.60. The molecule has 0 radical (unpaired) electrons. The number of pyridine rings is 1. The molecule has 0 aliphatic rings. The number of carbonyl (C=O) groups excluding carboxylic acids is 1. The number of nitrogens with one attached hydrogen (secondary N) is 2. The van der Waals surface area contributed by atoms with E-state index in [2.05, 4.69) is 15.6 Å². The summed E-state index contributed by atoms with van der Waals surface area (Å²) >= 11 is 0. The molecule has 24 heavy (non-hydrogen) atoms. The molecule has 6 nitrogen and oxygen atoms in total. The monoisotopic (exact) mass is 329 g/mol. The summed E-state index contributed by atoms with van der Waals surface area (Å²) in [6.45, 7) is 6.60. The van der Waals surface area contributed by atoms with Crippen LogP contribution in [0.2, 0.25) is 0 Å². The highest BCUT2D eigenvalue weighted by atomic mass is 16.5. The third-order valence-electron chi connectivity index (χ3n) is 3.04. The van der Waals surface area contributed by atoms with Gasteiger partial charge in [0.2, 0.25) is 5.88 Å². The first-order chi connectivity index (χ1) is 11.5. The van der Waals surface area contributed by atoms with E-state index in [-0.39, 0.29) is 12.1 Å². The Bertz CT molecular complexity index is 657. The van der Waals surface area contributed by atoms with Gasteiger partial charge in [-0.05, 0) is 45.0 Å². The first-order valence-corrected chi connectivity index (χ1v) is 7.90. The molecule has 2 N–H and O–H groups in total. The average Bonchev–Trinajstić information content (AvgIpc) is 2.55. The van der Waals surface area contributed by atoms with E-state index in [1.165, 1.54) is 5.56 Å². The SMILES string of the molecule is Cc1ccc(OCCNC(=O)Nc2cccnc2OC(C)C)cc1. The lowest BCUT2D eigenvalue weighted by atomic mass is 10.2. The van der Waals surface area contributed by atoms with Crippen molar-refractivity contribution in [2.45, 2.75) is 26.9 Å². The predicted octanol–water partition coefficient (Wildman–Crippen LogP) is 3.38. The van der Waals surface area contributed by atoms with Gasteiger partial charge in [0.15, 0.2) is 0 Å². The number of carbonyl (C=O) groups is 1. The van der Waals surface area contributed by atoms with Gasteiger partial charge in [-0.1, -0.05) is 17.7 Å². The van der Waals surface area contributed by atoms with E-state index in [0.717, 1.165) is 5.75 Å². The molecule has 1 aromatic carbocycles. The first kappa shape index (κ1) is 17.6. The smallest absolute Gasteiger partial charge is 0.319 e. The number of aryl methyl sites for hydroxylation is 1. The minimum Gasteiger partial charge on any atom is -0.492 e. The number of aromatic nitrogens is 1. The Labute approximate surface area is 142 Å². The summed E-state index contributed by atoms with van der Waals surface area (Å²) in [7, 11) is 0. The van der Waals surface area contributed by atoms with Gasteiger partial charge in [0, 0.05) is 6.20 Å². The molecule has 0 atom stereocenters. The Hall–Kier alpha value is -2.76. The van der Waals surface area contributed by atoms with Crippen LogP contribution in [0.1, 0.15) is 19.4 Å². The summed E-state index contributed by atoms with van der Waals surface area (Å²) in [5.74, 6) is 1.18. The Morgan fingerprint density at radius 1 is 1.21 bits per heavy atom. The fourth-order valence-electron chi connectivity index (χ4n) is 1.94. The molecule has 0 spiro atoms. The van der Waals surface area contributed by atoms with Crippen LogP contribution in [0.25, 0.3) is 0 Å². The summed E-state index contributed by atoms with van der Waals surface area (Å²) in [4.78, 5) is 16.1. The van der Waals surface area contributed by atoms with Gasteiger partial charge in [-0.3, -0.25) is 0 Å². The molecule has 2 amide bonds. The number of benzene rings is 1. The molecule has 0 saturated carbocycles. The second-order valence-electron chi connectivity index (χ2n) is 5.57. The lowest BCUT2D eigenvalue weighted by Gasteiger charge is -2.14. The molecule has 2 aromatic rings. The maximum atomic E-state index is 11.9. The van der Waals surface area contributed by atoms with E-state index in [1.54, 1.807) is 18.3 Å². The van der Waals surface area contributed by atoms with Crippen LogP contribution >= 0.6 is 0 Å². The highest BCUT2D eigenvalue weighted by molar-refractivity contribution is 5.90. The van der Waals surface area contributed by atoms with Crippen molar-refractivity contribution >= 4 is 11.7 Å². The summed E-state index contributed by atoms with van der Waals surface area (Å²) in [6, 6.07) is 10.9. The number of hydrogen-bond donors (Lipinski definition) is 2. The molecule has 0 unspecified atom stereocenters. The molecule has 0 bridgehead atoms. The zero-order chi connectivity index (χ0) is 17.4. The van der Waals surface area contributed by atoms with Crippen LogP contribution in [-0.4, -0.2) is 30.3 Å². The molecule has 6 heteroatoms. The largest absolute Gasteiger partial charge is 0.492 e. The predicted molar refractivity (Wildman–Crippen MR) is 93.7 cm³/mol. The molecular weight excluding hydrogens is 306 g/mol. The maximum absolute atomic E-state index is 11.9. The van der Waals surface area contributed by atoms with Crippen LogP contribution in [0, 0.1) is 6.92 Å². The Morgan fingerprint density at radius 3 is 2.67 bits per heavy atom. The number of nitrogens with zero attached hydrogens (tertiary/aromatic N) is 1. The van der Waals surface area contributed by atoms with Crippen LogP contribution < -0.4 is 20.1 Å². The topological polar surface area (TPSA) is 72.5 Å². The number of urea groups is 1. The van der Waals surface area contributed by atoms with E-state index < -0.39 is 0 Å². The Kier molecular flexibility index (Phi) is 6.42. The zero-order valence-electron chi connectivity index (χ0n) is 14.2. The van der Waals surface area contributed by atoms with Crippen LogP contribution in [-0.2, 0) is 0 Å². The highest BCUT2D eigenvalue weighted by Crippen LogP contribution is 2.21. The van der Waals surface area contributed by atoms with Crippen molar-refractivity contribution in [3.8, 4) is 11.6 Å². The van der Waals surface area contributed by atoms with Crippen molar-refractivity contribution < 1.29 is 14.3 Å². The van der Waals surface area contributed by atoms with Gasteiger partial charge in [0.1, 0.15) is 18.0 Å². The van der Waals surface area contributed by atoms with Crippen LogP contribution in [0.5, 0.6) is 11.6 Å². The van der Waals surface area contributed by atoms with Crippen molar-refractivity contribution in [2.75, 3.05) is 18.5 Å². The van der Waals surface area contributed by atoms with Gasteiger partial charge in [0.05, 0.1) is 12.6 Å². The molecule has 1 heterocycles. The summed E-state index contributed by atoms with van der Waals surface area (Å²) in [5.41, 5.74) is 1.71. The molecule has 0 aliphatic carbocycles. The van der Waals surface area contributed by atoms with Crippen molar-refractivity contribution in [1.29, 1.82) is 0 Å². The Morgan fingerprint density at radius 2 is 1.96 bits per heavy atom. The number of amides is 2. The van der Waals surface area contributed by atoms with E-state index >= 15 is 0 Å². The number of rotatable bonds is 7. The van der Waals surface area contributed by atoms with Gasteiger partial charge in [0.25, 0.3) is 0 Å². The van der Waals surface area contributed by atoms with Gasteiger partial charge >= 0.3 is 6.03 Å². The number of ether oxygens (including phenoxy) is 2. The molecule has 0 saturated heterocycles. The normalized spacial score (nSPS) is 10.3.